The standard InChI is InChI=1S/C18H19FN4/c1-13-10-17-18(20-7-9-23(17)21-13)22-8-6-15(12-22)11-14-2-4-16(19)5-3-14/h2-5,7,9-10,15H,6,8,11-12H2,1H3. The highest BCUT2D eigenvalue weighted by atomic mass is 19.1. The highest BCUT2D eigenvalue weighted by molar-refractivity contribution is 5.69. The Bertz CT molecular complexity index is 825. The molecule has 1 atom stereocenters. The van der Waals surface area contributed by atoms with Gasteiger partial charge < -0.3 is 4.90 Å². The summed E-state index contributed by atoms with van der Waals surface area (Å²) < 4.78 is 14.9. The first kappa shape index (κ1) is 14.2. The van der Waals surface area contributed by atoms with Crippen molar-refractivity contribution in [3.05, 3.63) is 59.8 Å². The van der Waals surface area contributed by atoms with Crippen molar-refractivity contribution in [2.75, 3.05) is 18.0 Å². The Labute approximate surface area is 134 Å². The molecule has 1 fully saturated rings. The number of benzene rings is 1. The maximum atomic E-state index is 13.0. The van der Waals surface area contributed by atoms with E-state index in [-0.39, 0.29) is 5.82 Å². The van der Waals surface area contributed by atoms with E-state index in [1.807, 2.05) is 36.0 Å². The molecule has 0 saturated carbocycles. The maximum absolute atomic E-state index is 13.0. The van der Waals surface area contributed by atoms with Gasteiger partial charge in [0.05, 0.1) is 5.69 Å². The number of halogens is 1. The Hall–Kier alpha value is -2.43. The van der Waals surface area contributed by atoms with Crippen LogP contribution in [-0.2, 0) is 6.42 Å². The van der Waals surface area contributed by atoms with Crippen LogP contribution in [0, 0.1) is 18.7 Å². The number of aryl methyl sites for hydroxylation is 1. The Balaban J connectivity index is 1.52. The van der Waals surface area contributed by atoms with Crippen LogP contribution in [-0.4, -0.2) is 27.7 Å². The van der Waals surface area contributed by atoms with E-state index in [0.717, 1.165) is 43.0 Å². The molecule has 0 spiro atoms. The quantitative estimate of drug-likeness (QED) is 0.744. The van der Waals surface area contributed by atoms with Crippen molar-refractivity contribution in [1.82, 2.24) is 14.6 Å². The molecule has 2 aromatic heterocycles. The third-order valence-electron chi connectivity index (χ3n) is 4.51. The molecule has 1 aromatic carbocycles. The van der Waals surface area contributed by atoms with Gasteiger partial charge in [-0.3, -0.25) is 0 Å². The molecule has 0 aliphatic carbocycles. The Morgan fingerprint density at radius 3 is 2.91 bits per heavy atom. The maximum Gasteiger partial charge on any atom is 0.154 e. The molecule has 0 amide bonds. The molecule has 4 rings (SSSR count). The summed E-state index contributed by atoms with van der Waals surface area (Å²) in [6, 6.07) is 8.93. The molecule has 1 unspecified atom stereocenters. The number of anilines is 1. The van der Waals surface area contributed by atoms with Crippen molar-refractivity contribution in [2.24, 2.45) is 5.92 Å². The second-order valence-electron chi connectivity index (χ2n) is 6.30. The van der Waals surface area contributed by atoms with Crippen molar-refractivity contribution in [2.45, 2.75) is 19.8 Å². The zero-order chi connectivity index (χ0) is 15.8. The lowest BCUT2D eigenvalue weighted by molar-refractivity contribution is 0.583. The fourth-order valence-electron chi connectivity index (χ4n) is 3.42. The minimum atomic E-state index is -0.172. The predicted molar refractivity (Wildman–Crippen MR) is 88.1 cm³/mol. The molecule has 1 saturated heterocycles. The fourth-order valence-corrected chi connectivity index (χ4v) is 3.42. The van der Waals surface area contributed by atoms with Crippen molar-refractivity contribution in [3.8, 4) is 0 Å². The first-order valence-electron chi connectivity index (χ1n) is 7.99. The molecule has 118 valence electrons. The molecule has 1 aliphatic heterocycles. The molecular formula is C18H19FN4. The normalized spacial score (nSPS) is 18.0. The van der Waals surface area contributed by atoms with Crippen LogP contribution in [0.15, 0.2) is 42.7 Å². The zero-order valence-electron chi connectivity index (χ0n) is 13.1. The topological polar surface area (TPSA) is 33.4 Å². The molecule has 23 heavy (non-hydrogen) atoms. The van der Waals surface area contributed by atoms with Crippen LogP contribution in [0.4, 0.5) is 10.2 Å². The number of hydrogen-bond donors (Lipinski definition) is 0. The van der Waals surface area contributed by atoms with E-state index in [9.17, 15) is 4.39 Å². The van der Waals surface area contributed by atoms with E-state index >= 15 is 0 Å². The summed E-state index contributed by atoms with van der Waals surface area (Å²) in [5.74, 6) is 1.41. The molecule has 0 radical (unpaired) electrons. The van der Waals surface area contributed by atoms with E-state index in [1.165, 1.54) is 5.56 Å². The van der Waals surface area contributed by atoms with Crippen LogP contribution in [0.5, 0.6) is 0 Å². The molecule has 3 aromatic rings. The Kier molecular flexibility index (Phi) is 3.48. The number of hydrogen-bond acceptors (Lipinski definition) is 3. The van der Waals surface area contributed by atoms with Gasteiger partial charge in [0.15, 0.2) is 5.82 Å². The van der Waals surface area contributed by atoms with E-state index in [0.29, 0.717) is 5.92 Å². The third kappa shape index (κ3) is 2.79. The van der Waals surface area contributed by atoms with Gasteiger partial charge in [0, 0.05) is 25.5 Å². The van der Waals surface area contributed by atoms with Gasteiger partial charge in [-0.2, -0.15) is 5.10 Å². The fraction of sp³-hybridized carbons (Fsp3) is 0.333. The first-order chi connectivity index (χ1) is 11.2. The Morgan fingerprint density at radius 1 is 1.26 bits per heavy atom. The average Bonchev–Trinajstić information content (AvgIpc) is 3.14. The van der Waals surface area contributed by atoms with E-state index in [1.54, 1.807) is 12.1 Å². The SMILES string of the molecule is Cc1cc2c(N3CCC(Cc4ccc(F)cc4)C3)nccn2n1. The van der Waals surface area contributed by atoms with Crippen LogP contribution in [0.2, 0.25) is 0 Å². The summed E-state index contributed by atoms with van der Waals surface area (Å²) in [7, 11) is 0. The van der Waals surface area contributed by atoms with Gasteiger partial charge in [0.25, 0.3) is 0 Å². The third-order valence-corrected chi connectivity index (χ3v) is 4.51. The molecule has 0 bridgehead atoms. The highest BCUT2D eigenvalue weighted by Gasteiger charge is 2.25. The van der Waals surface area contributed by atoms with Gasteiger partial charge in [0.2, 0.25) is 0 Å². The minimum Gasteiger partial charge on any atom is -0.355 e. The smallest absolute Gasteiger partial charge is 0.154 e. The van der Waals surface area contributed by atoms with Gasteiger partial charge in [-0.1, -0.05) is 12.1 Å². The average molecular weight is 310 g/mol. The predicted octanol–water partition coefficient (Wildman–Crippen LogP) is 3.25. The van der Waals surface area contributed by atoms with Gasteiger partial charge in [-0.15, -0.1) is 0 Å². The number of aromatic nitrogens is 3. The second-order valence-corrected chi connectivity index (χ2v) is 6.30. The lowest BCUT2D eigenvalue weighted by Crippen LogP contribution is -2.22. The summed E-state index contributed by atoms with van der Waals surface area (Å²) in [4.78, 5) is 6.91. The van der Waals surface area contributed by atoms with Gasteiger partial charge in [-0.05, 0) is 49.4 Å². The van der Waals surface area contributed by atoms with Crippen LogP contribution in [0.1, 0.15) is 17.7 Å². The minimum absolute atomic E-state index is 0.172. The van der Waals surface area contributed by atoms with Crippen LogP contribution < -0.4 is 4.90 Å². The number of fused-ring (bicyclic) bond motifs is 1. The van der Waals surface area contributed by atoms with Crippen molar-refractivity contribution in [3.63, 3.8) is 0 Å². The highest BCUT2D eigenvalue weighted by Crippen LogP contribution is 2.28. The molecule has 3 heterocycles. The number of nitrogens with zero attached hydrogens (tertiary/aromatic N) is 4. The van der Waals surface area contributed by atoms with Gasteiger partial charge in [0.1, 0.15) is 11.3 Å². The van der Waals surface area contributed by atoms with Crippen molar-refractivity contribution < 1.29 is 4.39 Å². The first-order valence-corrected chi connectivity index (χ1v) is 7.99. The van der Waals surface area contributed by atoms with Gasteiger partial charge >= 0.3 is 0 Å². The van der Waals surface area contributed by atoms with E-state index in [4.69, 9.17) is 0 Å². The molecule has 5 heteroatoms. The van der Waals surface area contributed by atoms with Crippen LogP contribution in [0.25, 0.3) is 5.52 Å². The van der Waals surface area contributed by atoms with Gasteiger partial charge in [-0.25, -0.2) is 13.9 Å². The summed E-state index contributed by atoms with van der Waals surface area (Å²) in [6.45, 7) is 3.98. The lowest BCUT2D eigenvalue weighted by Gasteiger charge is -2.18. The van der Waals surface area contributed by atoms with Crippen LogP contribution in [0.3, 0.4) is 0 Å². The zero-order valence-corrected chi connectivity index (χ0v) is 13.1. The Morgan fingerprint density at radius 2 is 2.09 bits per heavy atom. The summed E-state index contributed by atoms with van der Waals surface area (Å²) in [5, 5.41) is 4.45. The largest absolute Gasteiger partial charge is 0.355 e. The van der Waals surface area contributed by atoms with Crippen molar-refractivity contribution in [1.29, 1.82) is 0 Å². The van der Waals surface area contributed by atoms with Crippen LogP contribution >= 0.6 is 0 Å². The summed E-state index contributed by atoms with van der Waals surface area (Å²) >= 11 is 0. The monoisotopic (exact) mass is 310 g/mol. The van der Waals surface area contributed by atoms with Crippen molar-refractivity contribution >= 4 is 11.3 Å². The second kappa shape index (κ2) is 5.65. The van der Waals surface area contributed by atoms with E-state index < -0.39 is 0 Å². The van der Waals surface area contributed by atoms with E-state index in [2.05, 4.69) is 21.0 Å². The lowest BCUT2D eigenvalue weighted by atomic mass is 9.99. The molecule has 1 aliphatic rings. The molecular weight excluding hydrogens is 291 g/mol. The number of rotatable bonds is 3. The molecule has 0 N–H and O–H groups in total. The summed E-state index contributed by atoms with van der Waals surface area (Å²) in [6.07, 6.45) is 5.81. The summed E-state index contributed by atoms with van der Waals surface area (Å²) in [5.41, 5.74) is 3.26. The molecule has 4 nitrogen and oxygen atoms in total.